The van der Waals surface area contributed by atoms with Gasteiger partial charge in [0.1, 0.15) is 11.2 Å². The Labute approximate surface area is 201 Å². The SMILES string of the molecule is C[C@@H]1C[C@H](C)CN(CCCN2C(=O)c3cc4sccc4n3C[C@@]2(C)C(=O)NC2CCCC2)C1. The maximum Gasteiger partial charge on any atom is 0.271 e. The summed E-state index contributed by atoms with van der Waals surface area (Å²) in [4.78, 5) is 31.8. The van der Waals surface area contributed by atoms with Crippen molar-refractivity contribution in [2.45, 2.75) is 77.4 Å². The Hall–Kier alpha value is -1.86. The number of carbonyl (C=O) groups excluding carboxylic acids is 2. The fourth-order valence-electron chi connectivity index (χ4n) is 6.46. The molecule has 2 fully saturated rings. The lowest BCUT2D eigenvalue weighted by molar-refractivity contribution is -0.133. The van der Waals surface area contributed by atoms with E-state index in [1.54, 1.807) is 11.3 Å². The van der Waals surface area contributed by atoms with Crippen molar-refractivity contribution < 1.29 is 9.59 Å². The van der Waals surface area contributed by atoms with Gasteiger partial charge in [-0.2, -0.15) is 0 Å². The first kappa shape index (κ1) is 22.9. The average molecular weight is 471 g/mol. The van der Waals surface area contributed by atoms with Gasteiger partial charge in [0.15, 0.2) is 0 Å². The summed E-state index contributed by atoms with van der Waals surface area (Å²) in [6, 6.07) is 4.33. The summed E-state index contributed by atoms with van der Waals surface area (Å²) in [5.41, 5.74) is 0.922. The normalized spacial score (nSPS) is 29.1. The highest BCUT2D eigenvalue weighted by atomic mass is 32.1. The van der Waals surface area contributed by atoms with Crippen molar-refractivity contribution in [1.29, 1.82) is 0 Å². The molecule has 2 aromatic rings. The first-order valence-corrected chi connectivity index (χ1v) is 13.6. The topological polar surface area (TPSA) is 57.6 Å². The predicted octanol–water partition coefficient (Wildman–Crippen LogP) is 4.34. The third-order valence-corrected chi connectivity index (χ3v) is 8.88. The fourth-order valence-corrected chi connectivity index (χ4v) is 7.28. The number of piperidine rings is 1. The summed E-state index contributed by atoms with van der Waals surface area (Å²) in [5.74, 6) is 1.45. The molecule has 0 bridgehead atoms. The molecule has 0 radical (unpaired) electrons. The minimum atomic E-state index is -0.872. The maximum atomic E-state index is 13.7. The number of likely N-dealkylation sites (tertiary alicyclic amines) is 1. The lowest BCUT2D eigenvalue weighted by Crippen LogP contribution is -2.65. The first-order chi connectivity index (χ1) is 15.8. The van der Waals surface area contributed by atoms with Gasteiger partial charge in [-0.15, -0.1) is 11.3 Å². The van der Waals surface area contributed by atoms with Gasteiger partial charge in [0.2, 0.25) is 5.91 Å². The second-order valence-electron chi connectivity index (χ2n) is 11.0. The third-order valence-electron chi connectivity index (χ3n) is 8.03. The maximum absolute atomic E-state index is 13.7. The number of carbonyl (C=O) groups is 2. The zero-order chi connectivity index (χ0) is 23.2. The Morgan fingerprint density at radius 1 is 1.18 bits per heavy atom. The molecular formula is C26H38N4O2S. The molecule has 33 heavy (non-hydrogen) atoms. The van der Waals surface area contributed by atoms with Crippen LogP contribution in [-0.2, 0) is 11.3 Å². The number of amides is 2. The van der Waals surface area contributed by atoms with Gasteiger partial charge in [0.25, 0.3) is 5.91 Å². The summed E-state index contributed by atoms with van der Waals surface area (Å²) in [5, 5.41) is 5.36. The van der Waals surface area contributed by atoms with Crippen LogP contribution >= 0.6 is 11.3 Å². The zero-order valence-corrected chi connectivity index (χ0v) is 21.1. The van der Waals surface area contributed by atoms with E-state index in [4.69, 9.17) is 0 Å². The Morgan fingerprint density at radius 3 is 2.64 bits per heavy atom. The van der Waals surface area contributed by atoms with Crippen LogP contribution in [0, 0.1) is 11.8 Å². The highest BCUT2D eigenvalue weighted by Gasteiger charge is 2.48. The monoisotopic (exact) mass is 470 g/mol. The van der Waals surface area contributed by atoms with E-state index in [0.717, 1.165) is 66.6 Å². The van der Waals surface area contributed by atoms with Crippen molar-refractivity contribution in [2.75, 3.05) is 26.2 Å². The van der Waals surface area contributed by atoms with Crippen LogP contribution in [-0.4, -0.2) is 63.9 Å². The molecule has 6 nitrogen and oxygen atoms in total. The Bertz CT molecular complexity index is 1010. The number of thiophene rings is 1. The van der Waals surface area contributed by atoms with Crippen molar-refractivity contribution in [3.05, 3.63) is 23.2 Å². The summed E-state index contributed by atoms with van der Waals surface area (Å²) in [7, 11) is 0. The zero-order valence-electron chi connectivity index (χ0n) is 20.3. The van der Waals surface area contributed by atoms with Crippen molar-refractivity contribution in [1.82, 2.24) is 19.7 Å². The van der Waals surface area contributed by atoms with Gasteiger partial charge in [0.05, 0.1) is 16.8 Å². The van der Waals surface area contributed by atoms with E-state index in [0.29, 0.717) is 13.1 Å². The molecule has 0 spiro atoms. The fraction of sp³-hybridized carbons (Fsp3) is 0.692. The smallest absolute Gasteiger partial charge is 0.271 e. The molecule has 1 N–H and O–H groups in total. The molecule has 1 aliphatic carbocycles. The molecule has 1 saturated heterocycles. The molecular weight excluding hydrogens is 432 g/mol. The molecule has 4 heterocycles. The number of fused-ring (bicyclic) bond motifs is 3. The molecule has 2 aliphatic heterocycles. The highest BCUT2D eigenvalue weighted by Crippen LogP contribution is 2.35. The van der Waals surface area contributed by atoms with Crippen LogP contribution in [0.2, 0.25) is 0 Å². The van der Waals surface area contributed by atoms with Crippen molar-refractivity contribution in [3.8, 4) is 0 Å². The summed E-state index contributed by atoms with van der Waals surface area (Å²) in [6.07, 6.45) is 6.64. The molecule has 3 atom stereocenters. The average Bonchev–Trinajstić information content (AvgIpc) is 3.48. The highest BCUT2D eigenvalue weighted by molar-refractivity contribution is 7.17. The first-order valence-electron chi connectivity index (χ1n) is 12.8. The molecule has 1 saturated carbocycles. The van der Waals surface area contributed by atoms with E-state index in [2.05, 4.69) is 40.1 Å². The van der Waals surface area contributed by atoms with Crippen LogP contribution < -0.4 is 5.32 Å². The molecule has 180 valence electrons. The molecule has 2 amide bonds. The van der Waals surface area contributed by atoms with Crippen LogP contribution in [0.4, 0.5) is 0 Å². The third kappa shape index (κ3) is 4.34. The van der Waals surface area contributed by atoms with E-state index in [1.807, 2.05) is 17.9 Å². The second kappa shape index (κ2) is 9.06. The van der Waals surface area contributed by atoms with Gasteiger partial charge in [-0.3, -0.25) is 9.59 Å². The van der Waals surface area contributed by atoms with Crippen LogP contribution in [0.15, 0.2) is 17.5 Å². The van der Waals surface area contributed by atoms with E-state index in [9.17, 15) is 9.59 Å². The summed E-state index contributed by atoms with van der Waals surface area (Å²) < 4.78 is 3.20. The molecule has 0 unspecified atom stereocenters. The van der Waals surface area contributed by atoms with Crippen molar-refractivity contribution in [3.63, 3.8) is 0 Å². The molecule has 7 heteroatoms. The summed E-state index contributed by atoms with van der Waals surface area (Å²) in [6.45, 7) is 11.0. The number of nitrogens with one attached hydrogen (secondary N) is 1. The minimum absolute atomic E-state index is 0.00527. The molecule has 0 aromatic carbocycles. The van der Waals surface area contributed by atoms with Crippen LogP contribution in [0.1, 0.15) is 69.8 Å². The van der Waals surface area contributed by atoms with Crippen LogP contribution in [0.3, 0.4) is 0 Å². The standard InChI is InChI=1S/C26H38N4O2S/c1-18-13-19(2)16-28(15-18)10-6-11-30-24(31)22-14-23-21(9-12-33-23)29(22)17-26(30,3)25(32)27-20-7-4-5-8-20/h9,12,14,18-20H,4-8,10-11,13,15-17H2,1-3H3,(H,27,32)/t18-,19+,26-/m0/s1. The minimum Gasteiger partial charge on any atom is -0.351 e. The van der Waals surface area contributed by atoms with E-state index in [1.165, 1.54) is 19.3 Å². The van der Waals surface area contributed by atoms with Crippen LogP contribution in [0.25, 0.3) is 10.2 Å². The lowest BCUT2D eigenvalue weighted by atomic mass is 9.91. The van der Waals surface area contributed by atoms with E-state index >= 15 is 0 Å². The number of nitrogens with zero attached hydrogens (tertiary/aromatic N) is 3. The van der Waals surface area contributed by atoms with Gasteiger partial charge in [-0.05, 0) is 68.5 Å². The summed E-state index contributed by atoms with van der Waals surface area (Å²) >= 11 is 1.66. The number of hydrogen-bond donors (Lipinski definition) is 1. The van der Waals surface area contributed by atoms with E-state index < -0.39 is 5.54 Å². The largest absolute Gasteiger partial charge is 0.351 e. The number of aromatic nitrogens is 1. The second-order valence-corrected chi connectivity index (χ2v) is 12.0. The van der Waals surface area contributed by atoms with E-state index in [-0.39, 0.29) is 17.9 Å². The molecule has 2 aromatic heterocycles. The predicted molar refractivity (Wildman–Crippen MR) is 134 cm³/mol. The number of rotatable bonds is 6. The quantitative estimate of drug-likeness (QED) is 0.683. The molecule has 5 rings (SSSR count). The van der Waals surface area contributed by atoms with Gasteiger partial charge < -0.3 is 19.7 Å². The van der Waals surface area contributed by atoms with Crippen molar-refractivity contribution >= 4 is 33.4 Å². The van der Waals surface area contributed by atoms with Gasteiger partial charge in [-0.25, -0.2) is 0 Å². The van der Waals surface area contributed by atoms with Gasteiger partial charge in [-0.1, -0.05) is 26.7 Å². The molecule has 3 aliphatic rings. The number of hydrogen-bond acceptors (Lipinski definition) is 4. The van der Waals surface area contributed by atoms with Crippen LogP contribution in [0.5, 0.6) is 0 Å². The van der Waals surface area contributed by atoms with Gasteiger partial charge >= 0.3 is 0 Å². The van der Waals surface area contributed by atoms with Gasteiger partial charge in [0, 0.05) is 25.7 Å². The lowest BCUT2D eigenvalue weighted by Gasteiger charge is -2.45. The Balaban J connectivity index is 1.37. The Kier molecular flexibility index (Phi) is 6.29. The Morgan fingerprint density at radius 2 is 1.91 bits per heavy atom. The van der Waals surface area contributed by atoms with Crippen molar-refractivity contribution in [2.24, 2.45) is 11.8 Å².